The second-order valence-corrected chi connectivity index (χ2v) is 3.36. The third-order valence-electron chi connectivity index (χ3n) is 2.32. The van der Waals surface area contributed by atoms with Crippen molar-refractivity contribution in [1.82, 2.24) is 4.98 Å². The van der Waals surface area contributed by atoms with Crippen LogP contribution in [-0.2, 0) is 11.3 Å². The van der Waals surface area contributed by atoms with Crippen molar-refractivity contribution in [2.75, 3.05) is 7.11 Å². The summed E-state index contributed by atoms with van der Waals surface area (Å²) in [5.74, 6) is 0. The Hall–Kier alpha value is -1.41. The summed E-state index contributed by atoms with van der Waals surface area (Å²) in [7, 11) is 1.70. The lowest BCUT2D eigenvalue weighted by molar-refractivity contribution is 0.184. The lowest BCUT2D eigenvalue weighted by atomic mass is 10.1. The van der Waals surface area contributed by atoms with Gasteiger partial charge in [0.25, 0.3) is 0 Å². The molecule has 1 heterocycles. The van der Waals surface area contributed by atoms with E-state index in [1.165, 1.54) is 5.39 Å². The number of ether oxygens (including phenoxy) is 1. The molecule has 2 rings (SSSR count). The van der Waals surface area contributed by atoms with E-state index in [1.807, 2.05) is 25.1 Å². The molecule has 0 fully saturated rings. The number of hydrogen-bond acceptors (Lipinski definition) is 2. The largest absolute Gasteiger partial charge is 0.380 e. The SMILES string of the molecule is COCc1cc2ccccc2nc1C. The summed E-state index contributed by atoms with van der Waals surface area (Å²) in [6, 6.07) is 10.3. The van der Waals surface area contributed by atoms with Crippen LogP contribution in [0.2, 0.25) is 0 Å². The van der Waals surface area contributed by atoms with Crippen LogP contribution in [0.15, 0.2) is 30.3 Å². The third-order valence-corrected chi connectivity index (χ3v) is 2.32. The van der Waals surface area contributed by atoms with Crippen LogP contribution >= 0.6 is 0 Å². The van der Waals surface area contributed by atoms with Gasteiger partial charge in [-0.15, -0.1) is 0 Å². The fraction of sp³-hybridized carbons (Fsp3) is 0.250. The van der Waals surface area contributed by atoms with Gasteiger partial charge in [-0.3, -0.25) is 4.98 Å². The van der Waals surface area contributed by atoms with Gasteiger partial charge in [-0.1, -0.05) is 18.2 Å². The highest BCUT2D eigenvalue weighted by Crippen LogP contribution is 2.16. The molecule has 2 heteroatoms. The molecule has 0 aliphatic carbocycles. The van der Waals surface area contributed by atoms with Crippen LogP contribution in [-0.4, -0.2) is 12.1 Å². The van der Waals surface area contributed by atoms with Crippen molar-refractivity contribution in [3.05, 3.63) is 41.6 Å². The zero-order valence-electron chi connectivity index (χ0n) is 8.45. The molecule has 0 aliphatic heterocycles. The van der Waals surface area contributed by atoms with Crippen LogP contribution in [0.4, 0.5) is 0 Å². The fourth-order valence-electron chi connectivity index (χ4n) is 1.56. The first-order valence-electron chi connectivity index (χ1n) is 4.65. The second kappa shape index (κ2) is 3.76. The average Bonchev–Trinajstić information content (AvgIpc) is 2.19. The van der Waals surface area contributed by atoms with Gasteiger partial charge in [0.05, 0.1) is 12.1 Å². The molecule has 0 atom stereocenters. The van der Waals surface area contributed by atoms with Crippen LogP contribution in [0.25, 0.3) is 10.9 Å². The van der Waals surface area contributed by atoms with Crippen LogP contribution < -0.4 is 0 Å². The molecule has 72 valence electrons. The van der Waals surface area contributed by atoms with E-state index in [2.05, 4.69) is 17.1 Å². The monoisotopic (exact) mass is 187 g/mol. The molecule has 0 amide bonds. The zero-order valence-corrected chi connectivity index (χ0v) is 8.45. The van der Waals surface area contributed by atoms with Crippen molar-refractivity contribution >= 4 is 10.9 Å². The van der Waals surface area contributed by atoms with Crippen molar-refractivity contribution in [2.45, 2.75) is 13.5 Å². The highest BCUT2D eigenvalue weighted by Gasteiger charge is 2.01. The number of pyridine rings is 1. The molecule has 0 radical (unpaired) electrons. The lowest BCUT2D eigenvalue weighted by Gasteiger charge is -2.05. The molecule has 2 nitrogen and oxygen atoms in total. The predicted molar refractivity (Wildman–Crippen MR) is 57.2 cm³/mol. The van der Waals surface area contributed by atoms with E-state index >= 15 is 0 Å². The summed E-state index contributed by atoms with van der Waals surface area (Å²) in [6.45, 7) is 2.64. The van der Waals surface area contributed by atoms with Crippen molar-refractivity contribution in [2.24, 2.45) is 0 Å². The molecule has 0 spiro atoms. The van der Waals surface area contributed by atoms with Gasteiger partial charge in [0.1, 0.15) is 0 Å². The van der Waals surface area contributed by atoms with Crippen molar-refractivity contribution in [3.63, 3.8) is 0 Å². The molecule has 2 aromatic rings. The summed E-state index contributed by atoms with van der Waals surface area (Å²) in [6.07, 6.45) is 0. The fourth-order valence-corrected chi connectivity index (χ4v) is 1.56. The van der Waals surface area contributed by atoms with Crippen LogP contribution in [0, 0.1) is 6.92 Å². The smallest absolute Gasteiger partial charge is 0.0730 e. The summed E-state index contributed by atoms with van der Waals surface area (Å²) >= 11 is 0. The minimum absolute atomic E-state index is 0.629. The van der Waals surface area contributed by atoms with Crippen LogP contribution in [0.5, 0.6) is 0 Å². The number of nitrogens with zero attached hydrogens (tertiary/aromatic N) is 1. The number of fused-ring (bicyclic) bond motifs is 1. The molecule has 0 saturated heterocycles. The van der Waals surface area contributed by atoms with Crippen molar-refractivity contribution in [3.8, 4) is 0 Å². The Morgan fingerprint density at radius 2 is 2.07 bits per heavy atom. The Balaban J connectivity index is 2.59. The van der Waals surface area contributed by atoms with E-state index in [9.17, 15) is 0 Å². The van der Waals surface area contributed by atoms with E-state index < -0.39 is 0 Å². The Morgan fingerprint density at radius 1 is 1.29 bits per heavy atom. The normalized spacial score (nSPS) is 10.7. The van der Waals surface area contributed by atoms with Gasteiger partial charge in [0.2, 0.25) is 0 Å². The first-order chi connectivity index (χ1) is 6.81. The van der Waals surface area contributed by atoms with Crippen molar-refractivity contribution < 1.29 is 4.74 Å². The zero-order chi connectivity index (χ0) is 9.97. The Morgan fingerprint density at radius 3 is 2.86 bits per heavy atom. The van der Waals surface area contributed by atoms with E-state index in [0.717, 1.165) is 16.8 Å². The molecule has 1 aromatic carbocycles. The predicted octanol–water partition coefficient (Wildman–Crippen LogP) is 2.69. The summed E-state index contributed by atoms with van der Waals surface area (Å²) in [5.41, 5.74) is 3.25. The number of methoxy groups -OCH3 is 1. The third kappa shape index (κ3) is 1.61. The molecule has 0 aliphatic rings. The summed E-state index contributed by atoms with van der Waals surface area (Å²) in [4.78, 5) is 4.51. The number of aryl methyl sites for hydroxylation is 1. The van der Waals surface area contributed by atoms with Gasteiger partial charge >= 0.3 is 0 Å². The molecular weight excluding hydrogens is 174 g/mol. The number of aromatic nitrogens is 1. The van der Waals surface area contributed by atoms with E-state index in [-0.39, 0.29) is 0 Å². The summed E-state index contributed by atoms with van der Waals surface area (Å²) < 4.78 is 5.12. The molecule has 1 aromatic heterocycles. The van der Waals surface area contributed by atoms with Gasteiger partial charge < -0.3 is 4.74 Å². The summed E-state index contributed by atoms with van der Waals surface area (Å²) in [5, 5.41) is 1.17. The Bertz CT molecular complexity index is 451. The highest BCUT2D eigenvalue weighted by molar-refractivity contribution is 5.79. The number of benzene rings is 1. The first-order valence-corrected chi connectivity index (χ1v) is 4.65. The number of para-hydroxylation sites is 1. The van der Waals surface area contributed by atoms with Gasteiger partial charge in [-0.2, -0.15) is 0 Å². The molecule has 0 unspecified atom stereocenters. The maximum absolute atomic E-state index is 5.12. The number of rotatable bonds is 2. The first kappa shape index (κ1) is 9.16. The molecule has 0 saturated carbocycles. The maximum Gasteiger partial charge on any atom is 0.0730 e. The highest BCUT2D eigenvalue weighted by atomic mass is 16.5. The van der Waals surface area contributed by atoms with Crippen LogP contribution in [0.1, 0.15) is 11.3 Å². The van der Waals surface area contributed by atoms with Crippen molar-refractivity contribution in [1.29, 1.82) is 0 Å². The molecular formula is C12H13NO. The minimum Gasteiger partial charge on any atom is -0.380 e. The van der Waals surface area contributed by atoms with Gasteiger partial charge in [0, 0.05) is 18.2 Å². The minimum atomic E-state index is 0.629. The van der Waals surface area contributed by atoms with Gasteiger partial charge in [-0.05, 0) is 24.6 Å². The van der Waals surface area contributed by atoms with Gasteiger partial charge in [-0.25, -0.2) is 0 Å². The quantitative estimate of drug-likeness (QED) is 0.721. The van der Waals surface area contributed by atoms with E-state index in [1.54, 1.807) is 7.11 Å². The molecule has 0 bridgehead atoms. The maximum atomic E-state index is 5.12. The van der Waals surface area contributed by atoms with Gasteiger partial charge in [0.15, 0.2) is 0 Å². The topological polar surface area (TPSA) is 22.1 Å². The van der Waals surface area contributed by atoms with Crippen LogP contribution in [0.3, 0.4) is 0 Å². The number of hydrogen-bond donors (Lipinski definition) is 0. The Labute approximate surface area is 83.5 Å². The standard InChI is InChI=1S/C12H13NO/c1-9-11(8-14-2)7-10-5-3-4-6-12(10)13-9/h3-7H,8H2,1-2H3. The second-order valence-electron chi connectivity index (χ2n) is 3.36. The Kier molecular flexibility index (Phi) is 2.46. The van der Waals surface area contributed by atoms with E-state index in [0.29, 0.717) is 6.61 Å². The molecule has 0 N–H and O–H groups in total. The lowest BCUT2D eigenvalue weighted by Crippen LogP contribution is -1.95. The molecule has 14 heavy (non-hydrogen) atoms. The average molecular weight is 187 g/mol. The van der Waals surface area contributed by atoms with E-state index in [4.69, 9.17) is 4.74 Å².